The van der Waals surface area contributed by atoms with Crippen LogP contribution in [0.25, 0.3) is 0 Å². The second kappa shape index (κ2) is 7.46. The van der Waals surface area contributed by atoms with Gasteiger partial charge in [0.2, 0.25) is 0 Å². The van der Waals surface area contributed by atoms with Crippen LogP contribution in [-0.2, 0) is 17.4 Å². The Bertz CT molecular complexity index is 660. The van der Waals surface area contributed by atoms with Gasteiger partial charge in [-0.3, -0.25) is 0 Å². The minimum absolute atomic E-state index is 0.243. The van der Waals surface area contributed by atoms with Crippen molar-refractivity contribution in [1.29, 1.82) is 0 Å². The summed E-state index contributed by atoms with van der Waals surface area (Å²) in [5.41, 5.74) is 3.50. The van der Waals surface area contributed by atoms with Crippen molar-refractivity contribution in [2.24, 2.45) is 0 Å². The van der Waals surface area contributed by atoms with Crippen LogP contribution < -0.4 is 4.74 Å². The van der Waals surface area contributed by atoms with E-state index in [9.17, 15) is 4.79 Å². The molecule has 122 valence electrons. The molecule has 2 rings (SSSR count). The van der Waals surface area contributed by atoms with Crippen LogP contribution >= 0.6 is 0 Å². The SMILES string of the molecule is Cc1ccc(C[Si](C)(C)C)c(COC(=O)Oc2ccccc2)c1. The number of ether oxygens (including phenoxy) is 2. The van der Waals surface area contributed by atoms with Gasteiger partial charge >= 0.3 is 6.16 Å². The zero-order valence-corrected chi connectivity index (χ0v) is 15.3. The van der Waals surface area contributed by atoms with E-state index >= 15 is 0 Å². The molecule has 0 unspecified atom stereocenters. The van der Waals surface area contributed by atoms with Gasteiger partial charge in [0, 0.05) is 8.07 Å². The Morgan fingerprint density at radius 2 is 1.70 bits per heavy atom. The highest BCUT2D eigenvalue weighted by atomic mass is 28.3. The zero-order valence-electron chi connectivity index (χ0n) is 14.3. The molecule has 0 aromatic heterocycles. The minimum Gasteiger partial charge on any atom is -0.429 e. The molecule has 0 saturated carbocycles. The molecule has 0 N–H and O–H groups in total. The van der Waals surface area contributed by atoms with Crippen LogP contribution in [-0.4, -0.2) is 14.2 Å². The quantitative estimate of drug-likeness (QED) is 0.433. The van der Waals surface area contributed by atoms with Crippen LogP contribution in [0.3, 0.4) is 0 Å². The fraction of sp³-hybridized carbons (Fsp3) is 0.316. The third-order valence-electron chi connectivity index (χ3n) is 3.37. The van der Waals surface area contributed by atoms with Crippen molar-refractivity contribution in [3.8, 4) is 5.75 Å². The van der Waals surface area contributed by atoms with Gasteiger partial charge in [0.1, 0.15) is 12.4 Å². The molecular formula is C19H24O3Si. The molecule has 0 aliphatic carbocycles. The van der Waals surface area contributed by atoms with E-state index in [0.29, 0.717) is 5.75 Å². The number of para-hydroxylation sites is 1. The van der Waals surface area contributed by atoms with Gasteiger partial charge in [0.15, 0.2) is 0 Å². The average molecular weight is 328 g/mol. The van der Waals surface area contributed by atoms with E-state index in [1.165, 1.54) is 11.1 Å². The third-order valence-corrected chi connectivity index (χ3v) is 4.81. The van der Waals surface area contributed by atoms with Gasteiger partial charge in [-0.25, -0.2) is 4.79 Å². The lowest BCUT2D eigenvalue weighted by molar-refractivity contribution is 0.0926. The molecule has 0 heterocycles. The van der Waals surface area contributed by atoms with E-state index in [1.54, 1.807) is 12.1 Å². The van der Waals surface area contributed by atoms with Gasteiger partial charge in [0.05, 0.1) is 0 Å². The van der Waals surface area contributed by atoms with Crippen LogP contribution in [0.5, 0.6) is 5.75 Å². The third kappa shape index (κ3) is 5.91. The zero-order chi connectivity index (χ0) is 16.9. The first-order valence-electron chi connectivity index (χ1n) is 7.81. The van der Waals surface area contributed by atoms with E-state index in [1.807, 2.05) is 25.1 Å². The molecule has 2 aromatic rings. The summed E-state index contributed by atoms with van der Waals surface area (Å²) < 4.78 is 10.5. The second-order valence-corrected chi connectivity index (χ2v) is 12.4. The Balaban J connectivity index is 2.02. The van der Waals surface area contributed by atoms with E-state index in [0.717, 1.165) is 11.6 Å². The summed E-state index contributed by atoms with van der Waals surface area (Å²) in [5, 5.41) is 0. The maximum atomic E-state index is 11.8. The molecule has 0 fully saturated rings. The molecule has 0 spiro atoms. The maximum Gasteiger partial charge on any atom is 0.514 e. The monoisotopic (exact) mass is 328 g/mol. The first kappa shape index (κ1) is 17.3. The Hall–Kier alpha value is -2.07. The molecule has 0 atom stereocenters. The normalized spacial score (nSPS) is 11.1. The Labute approximate surface area is 139 Å². The molecule has 0 saturated heterocycles. The molecular weight excluding hydrogens is 304 g/mol. The first-order valence-corrected chi connectivity index (χ1v) is 11.5. The number of aryl methyl sites for hydroxylation is 1. The molecule has 0 amide bonds. The Morgan fingerprint density at radius 1 is 1.00 bits per heavy atom. The highest BCUT2D eigenvalue weighted by Crippen LogP contribution is 2.19. The predicted molar refractivity (Wildman–Crippen MR) is 95.5 cm³/mol. The lowest BCUT2D eigenvalue weighted by Crippen LogP contribution is -2.25. The number of rotatable bonds is 5. The van der Waals surface area contributed by atoms with Gasteiger partial charge in [-0.1, -0.05) is 61.6 Å². The summed E-state index contributed by atoms with van der Waals surface area (Å²) in [6.07, 6.45) is -0.670. The molecule has 0 aliphatic heterocycles. The van der Waals surface area contributed by atoms with Crippen LogP contribution in [0.4, 0.5) is 4.79 Å². The number of carbonyl (C=O) groups is 1. The van der Waals surface area contributed by atoms with Gasteiger partial charge in [-0.2, -0.15) is 0 Å². The van der Waals surface area contributed by atoms with Crippen LogP contribution in [0.2, 0.25) is 19.6 Å². The fourth-order valence-corrected chi connectivity index (χ4v) is 3.87. The average Bonchev–Trinajstić information content (AvgIpc) is 2.47. The maximum absolute atomic E-state index is 11.8. The van der Waals surface area contributed by atoms with Crippen molar-refractivity contribution >= 4 is 14.2 Å². The van der Waals surface area contributed by atoms with Crippen molar-refractivity contribution in [1.82, 2.24) is 0 Å². The smallest absolute Gasteiger partial charge is 0.429 e. The van der Waals surface area contributed by atoms with Crippen molar-refractivity contribution in [3.63, 3.8) is 0 Å². The Kier molecular flexibility index (Phi) is 5.61. The summed E-state index contributed by atoms with van der Waals surface area (Å²) in [4.78, 5) is 11.8. The summed E-state index contributed by atoms with van der Waals surface area (Å²) in [5.74, 6) is 0.490. The first-order chi connectivity index (χ1) is 10.8. The fourth-order valence-electron chi connectivity index (χ4n) is 2.38. The van der Waals surface area contributed by atoms with E-state index in [2.05, 4.69) is 37.8 Å². The van der Waals surface area contributed by atoms with Crippen molar-refractivity contribution < 1.29 is 14.3 Å². The van der Waals surface area contributed by atoms with Gasteiger partial charge < -0.3 is 9.47 Å². The summed E-state index contributed by atoms with van der Waals surface area (Å²) in [7, 11) is -1.24. The molecule has 2 aromatic carbocycles. The Morgan fingerprint density at radius 3 is 2.35 bits per heavy atom. The van der Waals surface area contributed by atoms with Crippen molar-refractivity contribution in [2.45, 2.75) is 39.2 Å². The highest BCUT2D eigenvalue weighted by Gasteiger charge is 2.17. The van der Waals surface area contributed by atoms with Gasteiger partial charge in [-0.05, 0) is 36.2 Å². The van der Waals surface area contributed by atoms with Gasteiger partial charge in [0.25, 0.3) is 0 Å². The molecule has 4 heteroatoms. The second-order valence-electron chi connectivity index (χ2n) is 6.96. The van der Waals surface area contributed by atoms with E-state index in [4.69, 9.17) is 9.47 Å². The van der Waals surface area contributed by atoms with E-state index in [-0.39, 0.29) is 6.61 Å². The molecule has 23 heavy (non-hydrogen) atoms. The number of carbonyl (C=O) groups excluding carboxylic acids is 1. The van der Waals surface area contributed by atoms with Gasteiger partial charge in [-0.15, -0.1) is 0 Å². The molecule has 3 nitrogen and oxygen atoms in total. The molecule has 0 bridgehead atoms. The van der Waals surface area contributed by atoms with E-state index < -0.39 is 14.2 Å². The lowest BCUT2D eigenvalue weighted by atomic mass is 10.1. The predicted octanol–water partition coefficient (Wildman–Crippen LogP) is 5.13. The van der Waals surface area contributed by atoms with Crippen LogP contribution in [0.15, 0.2) is 48.5 Å². The topological polar surface area (TPSA) is 35.5 Å². The highest BCUT2D eigenvalue weighted by molar-refractivity contribution is 6.75. The lowest BCUT2D eigenvalue weighted by Gasteiger charge is -2.19. The van der Waals surface area contributed by atoms with Crippen LogP contribution in [0, 0.1) is 6.92 Å². The summed E-state index contributed by atoms with van der Waals surface area (Å²) in [6.45, 7) is 9.29. The number of hydrogen-bond donors (Lipinski definition) is 0. The minimum atomic E-state index is -1.24. The number of hydrogen-bond acceptors (Lipinski definition) is 3. The largest absolute Gasteiger partial charge is 0.514 e. The van der Waals surface area contributed by atoms with Crippen molar-refractivity contribution in [3.05, 3.63) is 65.2 Å². The summed E-state index contributed by atoms with van der Waals surface area (Å²) in [6, 6.07) is 16.4. The van der Waals surface area contributed by atoms with Crippen LogP contribution in [0.1, 0.15) is 16.7 Å². The van der Waals surface area contributed by atoms with Crippen molar-refractivity contribution in [2.75, 3.05) is 0 Å². The molecule has 0 radical (unpaired) electrons. The number of benzene rings is 2. The standard InChI is InChI=1S/C19H24O3Si/c1-15-10-11-16(14-23(2,3)4)17(12-15)13-21-19(20)22-18-8-6-5-7-9-18/h5-12H,13-14H2,1-4H3. The summed E-state index contributed by atoms with van der Waals surface area (Å²) >= 11 is 0. The molecule has 0 aliphatic rings.